The number of rotatable bonds is 8. The zero-order chi connectivity index (χ0) is 27.2. The molecule has 2 fully saturated rings. The van der Waals surface area contributed by atoms with Crippen LogP contribution in [0.1, 0.15) is 0 Å². The summed E-state index contributed by atoms with van der Waals surface area (Å²) in [5.41, 5.74) is 2.55. The molecule has 2 aromatic rings. The van der Waals surface area contributed by atoms with Crippen molar-refractivity contribution in [2.75, 3.05) is 77.9 Å². The van der Waals surface area contributed by atoms with E-state index in [0.717, 1.165) is 26.2 Å². The minimum absolute atomic E-state index is 0.0353. The van der Waals surface area contributed by atoms with E-state index >= 15 is 0 Å². The topological polar surface area (TPSA) is 77.2 Å². The van der Waals surface area contributed by atoms with Crippen LogP contribution in [0.2, 0.25) is 15.1 Å². The number of ether oxygens (including phenoxy) is 1. The van der Waals surface area contributed by atoms with Crippen molar-refractivity contribution in [1.82, 2.24) is 20.0 Å². The van der Waals surface area contributed by atoms with Crippen LogP contribution in [0.5, 0.6) is 5.75 Å². The molecule has 0 radical (unpaired) electrons. The standard InChI is InChI=1S/C27H32Cl3N5O3/c1-18(17-33-7-5-31-6-8-33)27(37)35-11-9-34(10-12-35)26(36)16-32-24-14-21(23(30)15-25(24)38-2)20-13-19(28)3-4-22(20)29/h3-4,13-15,31-32H,1,5-12,16-17H2,2H3. The van der Waals surface area contributed by atoms with Gasteiger partial charge in [-0.2, -0.15) is 0 Å². The molecule has 4 rings (SSSR count). The fourth-order valence-corrected chi connectivity index (χ4v) is 5.29. The Bertz CT molecular complexity index is 1190. The van der Waals surface area contributed by atoms with Crippen molar-refractivity contribution in [3.63, 3.8) is 0 Å². The lowest BCUT2D eigenvalue weighted by atomic mass is 10.0. The molecule has 8 nitrogen and oxygen atoms in total. The Kier molecular flexibility index (Phi) is 9.79. The van der Waals surface area contributed by atoms with Gasteiger partial charge in [-0.15, -0.1) is 0 Å². The molecule has 0 spiro atoms. The van der Waals surface area contributed by atoms with E-state index in [2.05, 4.69) is 22.1 Å². The Balaban J connectivity index is 1.34. The van der Waals surface area contributed by atoms with Gasteiger partial charge in [0.1, 0.15) is 5.75 Å². The van der Waals surface area contributed by atoms with Gasteiger partial charge in [-0.25, -0.2) is 0 Å². The van der Waals surface area contributed by atoms with E-state index in [1.165, 1.54) is 7.11 Å². The summed E-state index contributed by atoms with van der Waals surface area (Å²) in [5, 5.41) is 7.97. The molecule has 0 saturated carbocycles. The Morgan fingerprint density at radius 1 is 0.947 bits per heavy atom. The summed E-state index contributed by atoms with van der Waals surface area (Å²) >= 11 is 19.1. The third-order valence-electron chi connectivity index (χ3n) is 6.78. The molecule has 2 saturated heterocycles. The van der Waals surface area contributed by atoms with E-state index in [0.29, 0.717) is 75.9 Å². The van der Waals surface area contributed by atoms with Gasteiger partial charge in [-0.1, -0.05) is 41.4 Å². The Hall–Kier alpha value is -2.49. The number of carbonyl (C=O) groups is 2. The van der Waals surface area contributed by atoms with Crippen LogP contribution in [-0.4, -0.2) is 99.1 Å². The van der Waals surface area contributed by atoms with Crippen LogP contribution >= 0.6 is 34.8 Å². The summed E-state index contributed by atoms with van der Waals surface area (Å²) in [6, 6.07) is 8.64. The lowest BCUT2D eigenvalue weighted by molar-refractivity contribution is -0.136. The molecule has 11 heteroatoms. The van der Waals surface area contributed by atoms with Gasteiger partial charge < -0.3 is 25.2 Å². The number of nitrogens with one attached hydrogen (secondary N) is 2. The zero-order valence-electron chi connectivity index (χ0n) is 21.4. The molecule has 0 aromatic heterocycles. The van der Waals surface area contributed by atoms with Gasteiger partial charge in [0.2, 0.25) is 5.91 Å². The van der Waals surface area contributed by atoms with Crippen molar-refractivity contribution >= 4 is 52.3 Å². The van der Waals surface area contributed by atoms with Crippen LogP contribution in [0.4, 0.5) is 5.69 Å². The maximum absolute atomic E-state index is 13.0. The summed E-state index contributed by atoms with van der Waals surface area (Å²) in [7, 11) is 1.54. The Labute approximate surface area is 238 Å². The minimum atomic E-state index is -0.0731. The van der Waals surface area contributed by atoms with Crippen molar-refractivity contribution in [2.45, 2.75) is 0 Å². The second kappa shape index (κ2) is 13.0. The molecule has 0 atom stereocenters. The van der Waals surface area contributed by atoms with Crippen LogP contribution in [0.3, 0.4) is 0 Å². The third kappa shape index (κ3) is 6.93. The zero-order valence-corrected chi connectivity index (χ0v) is 23.6. The molecule has 2 heterocycles. The number of hydrogen-bond acceptors (Lipinski definition) is 6. The average molecular weight is 581 g/mol. The number of halogens is 3. The van der Waals surface area contributed by atoms with E-state index in [9.17, 15) is 9.59 Å². The highest BCUT2D eigenvalue weighted by atomic mass is 35.5. The number of hydrogen-bond donors (Lipinski definition) is 2. The number of methoxy groups -OCH3 is 1. The Morgan fingerprint density at radius 3 is 2.29 bits per heavy atom. The first kappa shape index (κ1) is 28.5. The van der Waals surface area contributed by atoms with E-state index in [-0.39, 0.29) is 18.4 Å². The molecule has 2 aromatic carbocycles. The fraction of sp³-hybridized carbons (Fsp3) is 0.407. The second-order valence-electron chi connectivity index (χ2n) is 9.31. The number of nitrogens with zero attached hydrogens (tertiary/aromatic N) is 3. The maximum atomic E-state index is 13.0. The molecule has 2 amide bonds. The molecule has 2 N–H and O–H groups in total. The van der Waals surface area contributed by atoms with Gasteiger partial charge in [0, 0.05) is 91.7 Å². The molecule has 0 bridgehead atoms. The van der Waals surface area contributed by atoms with Crippen LogP contribution < -0.4 is 15.4 Å². The molecular weight excluding hydrogens is 549 g/mol. The highest BCUT2D eigenvalue weighted by Crippen LogP contribution is 2.40. The highest BCUT2D eigenvalue weighted by Gasteiger charge is 2.26. The number of carbonyl (C=O) groups excluding carboxylic acids is 2. The molecule has 2 aliphatic rings. The van der Waals surface area contributed by atoms with E-state index < -0.39 is 0 Å². The molecule has 0 unspecified atom stereocenters. The lowest BCUT2D eigenvalue weighted by Gasteiger charge is -2.36. The molecule has 204 valence electrons. The normalized spacial score (nSPS) is 16.3. The van der Waals surface area contributed by atoms with E-state index in [4.69, 9.17) is 39.5 Å². The van der Waals surface area contributed by atoms with E-state index in [1.54, 1.807) is 40.1 Å². The van der Waals surface area contributed by atoms with Crippen molar-refractivity contribution in [1.29, 1.82) is 0 Å². The van der Waals surface area contributed by atoms with Crippen LogP contribution in [0.25, 0.3) is 11.1 Å². The maximum Gasteiger partial charge on any atom is 0.250 e. The summed E-state index contributed by atoms with van der Waals surface area (Å²) in [4.78, 5) is 31.6. The van der Waals surface area contributed by atoms with Gasteiger partial charge >= 0.3 is 0 Å². The molecule has 2 aliphatic heterocycles. The second-order valence-corrected chi connectivity index (χ2v) is 10.6. The molecule has 38 heavy (non-hydrogen) atoms. The van der Waals surface area contributed by atoms with Gasteiger partial charge in [-0.3, -0.25) is 14.5 Å². The molecule has 0 aliphatic carbocycles. The monoisotopic (exact) mass is 579 g/mol. The summed E-state index contributed by atoms with van der Waals surface area (Å²) in [6.07, 6.45) is 0. The van der Waals surface area contributed by atoms with Gasteiger partial charge in [0.05, 0.1) is 24.4 Å². The van der Waals surface area contributed by atoms with Gasteiger partial charge in [-0.05, 0) is 24.3 Å². The third-order valence-corrected chi connectivity index (χ3v) is 7.66. The quantitative estimate of drug-likeness (QED) is 0.462. The predicted molar refractivity (Wildman–Crippen MR) is 154 cm³/mol. The van der Waals surface area contributed by atoms with Crippen molar-refractivity contribution in [3.8, 4) is 16.9 Å². The summed E-state index contributed by atoms with van der Waals surface area (Å²) in [6.45, 7) is 10.2. The van der Waals surface area contributed by atoms with Crippen molar-refractivity contribution in [2.24, 2.45) is 0 Å². The number of anilines is 1. The van der Waals surface area contributed by atoms with E-state index in [1.807, 2.05) is 0 Å². The first-order chi connectivity index (χ1) is 18.3. The largest absolute Gasteiger partial charge is 0.495 e. The Morgan fingerprint density at radius 2 is 1.61 bits per heavy atom. The van der Waals surface area contributed by atoms with Crippen LogP contribution in [0.15, 0.2) is 42.5 Å². The SMILES string of the molecule is C=C(CN1CCNCC1)C(=O)N1CCN(C(=O)CNc2cc(-c3cc(Cl)ccc3Cl)c(Cl)cc2OC)CC1. The van der Waals surface area contributed by atoms with Crippen LogP contribution in [0, 0.1) is 0 Å². The number of piperazine rings is 2. The van der Waals surface area contributed by atoms with Gasteiger partial charge in [0.15, 0.2) is 0 Å². The van der Waals surface area contributed by atoms with Crippen LogP contribution in [-0.2, 0) is 9.59 Å². The minimum Gasteiger partial charge on any atom is -0.495 e. The highest BCUT2D eigenvalue weighted by molar-refractivity contribution is 6.37. The van der Waals surface area contributed by atoms with Crippen molar-refractivity contribution < 1.29 is 14.3 Å². The fourth-order valence-electron chi connectivity index (χ4n) is 4.64. The predicted octanol–water partition coefficient (Wildman–Crippen LogP) is 3.87. The number of benzene rings is 2. The van der Waals surface area contributed by atoms with Gasteiger partial charge in [0.25, 0.3) is 5.91 Å². The first-order valence-electron chi connectivity index (χ1n) is 12.5. The lowest BCUT2D eigenvalue weighted by Crippen LogP contribution is -2.52. The first-order valence-corrected chi connectivity index (χ1v) is 13.6. The molecular formula is C27H32Cl3N5O3. The average Bonchev–Trinajstić information content (AvgIpc) is 2.93. The summed E-state index contributed by atoms with van der Waals surface area (Å²) in [5.74, 6) is 0.395. The summed E-state index contributed by atoms with van der Waals surface area (Å²) < 4.78 is 5.48. The smallest absolute Gasteiger partial charge is 0.250 e. The number of amides is 2. The van der Waals surface area contributed by atoms with Crippen molar-refractivity contribution in [3.05, 3.63) is 57.6 Å².